The summed E-state index contributed by atoms with van der Waals surface area (Å²) in [6.45, 7) is 0.406. The minimum absolute atomic E-state index is 0.00486. The van der Waals surface area contributed by atoms with Crippen molar-refractivity contribution in [1.29, 1.82) is 0 Å². The molecular formula is C17H15N5O2. The molecule has 0 aliphatic carbocycles. The molecule has 24 heavy (non-hydrogen) atoms. The second-order valence-electron chi connectivity index (χ2n) is 5.36. The fourth-order valence-electron chi connectivity index (χ4n) is 2.64. The molecule has 0 aliphatic rings. The maximum atomic E-state index is 9.21. The fraction of sp³-hybridized carbons (Fsp3) is 0.118. The van der Waals surface area contributed by atoms with Gasteiger partial charge in [0.15, 0.2) is 0 Å². The molecule has 2 heterocycles. The summed E-state index contributed by atoms with van der Waals surface area (Å²) in [7, 11) is 0. The van der Waals surface area contributed by atoms with E-state index in [2.05, 4.69) is 15.1 Å². The summed E-state index contributed by atoms with van der Waals surface area (Å²) in [6.07, 6.45) is 3.46. The third kappa shape index (κ3) is 2.50. The zero-order chi connectivity index (χ0) is 16.5. The third-order valence-electron chi connectivity index (χ3n) is 3.71. The fourth-order valence-corrected chi connectivity index (χ4v) is 2.64. The number of nitrogens with zero attached hydrogens (tertiary/aromatic N) is 4. The summed E-state index contributed by atoms with van der Waals surface area (Å²) in [5.74, 6) is 0.574. The molecule has 0 saturated carbocycles. The van der Waals surface area contributed by atoms with Crippen molar-refractivity contribution in [2.75, 3.05) is 12.3 Å². The lowest BCUT2D eigenvalue weighted by Crippen LogP contribution is -2.04. The Bertz CT molecular complexity index is 1030. The topological polar surface area (TPSA) is 99.1 Å². The number of hydrogen-bond donors (Lipinski definition) is 2. The SMILES string of the molecule is Nc1cccc(Oc2ncc3ccc4cnn(CCO)c4c3n2)c1. The molecule has 4 rings (SSSR count). The quantitative estimate of drug-likeness (QED) is 0.560. The summed E-state index contributed by atoms with van der Waals surface area (Å²) < 4.78 is 7.44. The normalized spacial score (nSPS) is 11.2. The summed E-state index contributed by atoms with van der Waals surface area (Å²) in [6, 6.07) is 11.2. The number of aromatic nitrogens is 4. The van der Waals surface area contributed by atoms with Crippen LogP contribution in [0.2, 0.25) is 0 Å². The zero-order valence-electron chi connectivity index (χ0n) is 12.8. The van der Waals surface area contributed by atoms with Crippen molar-refractivity contribution in [3.8, 4) is 11.8 Å². The van der Waals surface area contributed by atoms with Gasteiger partial charge >= 0.3 is 6.01 Å². The number of fused-ring (bicyclic) bond motifs is 3. The molecule has 0 amide bonds. The Morgan fingerprint density at radius 1 is 1.12 bits per heavy atom. The van der Waals surface area contributed by atoms with Gasteiger partial charge in [0.1, 0.15) is 11.3 Å². The van der Waals surface area contributed by atoms with Crippen LogP contribution in [0.4, 0.5) is 5.69 Å². The van der Waals surface area contributed by atoms with Crippen LogP contribution in [0, 0.1) is 0 Å². The van der Waals surface area contributed by atoms with E-state index >= 15 is 0 Å². The van der Waals surface area contributed by atoms with Crippen molar-refractivity contribution in [1.82, 2.24) is 19.7 Å². The molecule has 0 saturated heterocycles. The van der Waals surface area contributed by atoms with E-state index in [4.69, 9.17) is 10.5 Å². The molecule has 2 aromatic carbocycles. The van der Waals surface area contributed by atoms with Gasteiger partial charge in [-0.25, -0.2) is 4.98 Å². The molecule has 0 radical (unpaired) electrons. The van der Waals surface area contributed by atoms with Gasteiger partial charge in [0, 0.05) is 28.7 Å². The van der Waals surface area contributed by atoms with Gasteiger partial charge in [-0.05, 0) is 12.1 Å². The molecule has 4 aromatic rings. The lowest BCUT2D eigenvalue weighted by Gasteiger charge is -2.07. The van der Waals surface area contributed by atoms with E-state index in [1.807, 2.05) is 12.1 Å². The standard InChI is InChI=1S/C17H15N5O2/c18-13-2-1-3-14(8-13)24-17-19-9-11-4-5-12-10-20-22(6-7-23)16(12)15(11)21-17/h1-5,8-10,23H,6-7,18H2. The molecule has 0 aliphatic heterocycles. The van der Waals surface area contributed by atoms with E-state index in [0.29, 0.717) is 18.0 Å². The van der Waals surface area contributed by atoms with Crippen LogP contribution in [-0.2, 0) is 6.54 Å². The number of benzene rings is 2. The number of anilines is 1. The smallest absolute Gasteiger partial charge is 0.322 e. The van der Waals surface area contributed by atoms with Gasteiger partial charge in [0.2, 0.25) is 0 Å². The second kappa shape index (κ2) is 5.78. The Morgan fingerprint density at radius 2 is 2.00 bits per heavy atom. The van der Waals surface area contributed by atoms with E-state index in [1.165, 1.54) is 0 Å². The molecule has 7 nitrogen and oxygen atoms in total. The average Bonchev–Trinajstić information content (AvgIpc) is 2.99. The predicted molar refractivity (Wildman–Crippen MR) is 90.8 cm³/mol. The van der Waals surface area contributed by atoms with Crippen LogP contribution in [0.3, 0.4) is 0 Å². The van der Waals surface area contributed by atoms with Crippen molar-refractivity contribution in [3.63, 3.8) is 0 Å². The van der Waals surface area contributed by atoms with Gasteiger partial charge in [0.05, 0.1) is 24.9 Å². The van der Waals surface area contributed by atoms with Gasteiger partial charge in [0.25, 0.3) is 0 Å². The molecule has 3 N–H and O–H groups in total. The highest BCUT2D eigenvalue weighted by atomic mass is 16.5. The lowest BCUT2D eigenvalue weighted by molar-refractivity contribution is 0.272. The molecule has 0 spiro atoms. The second-order valence-corrected chi connectivity index (χ2v) is 5.36. The number of ether oxygens (including phenoxy) is 1. The van der Waals surface area contributed by atoms with Crippen LogP contribution in [0.25, 0.3) is 21.8 Å². The molecule has 0 bridgehead atoms. The highest BCUT2D eigenvalue weighted by Crippen LogP contribution is 2.26. The van der Waals surface area contributed by atoms with Crippen LogP contribution in [-0.4, -0.2) is 31.5 Å². The summed E-state index contributed by atoms with van der Waals surface area (Å²) in [4.78, 5) is 8.77. The monoisotopic (exact) mass is 321 g/mol. The first kappa shape index (κ1) is 14.4. The number of hydrogen-bond acceptors (Lipinski definition) is 6. The van der Waals surface area contributed by atoms with Crippen molar-refractivity contribution in [2.45, 2.75) is 6.54 Å². The van der Waals surface area contributed by atoms with Gasteiger partial charge in [-0.2, -0.15) is 10.1 Å². The van der Waals surface area contributed by atoms with Crippen molar-refractivity contribution < 1.29 is 9.84 Å². The van der Waals surface area contributed by atoms with Crippen LogP contribution in [0.15, 0.2) is 48.8 Å². The number of nitrogens with two attached hydrogens (primary N) is 1. The summed E-state index contributed by atoms with van der Waals surface area (Å²) in [5.41, 5.74) is 7.95. The number of aliphatic hydroxyl groups is 1. The Kier molecular flexibility index (Phi) is 3.47. The van der Waals surface area contributed by atoms with Gasteiger partial charge in [-0.1, -0.05) is 18.2 Å². The summed E-state index contributed by atoms with van der Waals surface area (Å²) >= 11 is 0. The highest BCUT2D eigenvalue weighted by Gasteiger charge is 2.11. The first-order valence-corrected chi connectivity index (χ1v) is 7.50. The molecule has 0 fully saturated rings. The van der Waals surface area contributed by atoms with Crippen molar-refractivity contribution in [2.24, 2.45) is 0 Å². The van der Waals surface area contributed by atoms with Crippen molar-refractivity contribution >= 4 is 27.5 Å². The van der Waals surface area contributed by atoms with Crippen molar-refractivity contribution in [3.05, 3.63) is 48.8 Å². The van der Waals surface area contributed by atoms with E-state index in [-0.39, 0.29) is 12.6 Å². The molecule has 0 atom stereocenters. The third-order valence-corrected chi connectivity index (χ3v) is 3.71. The Labute approximate surface area is 137 Å². The Morgan fingerprint density at radius 3 is 2.83 bits per heavy atom. The number of rotatable bonds is 4. The zero-order valence-corrected chi connectivity index (χ0v) is 12.8. The van der Waals surface area contributed by atoms with Gasteiger partial charge < -0.3 is 15.6 Å². The van der Waals surface area contributed by atoms with E-state index in [0.717, 1.165) is 21.8 Å². The molecular weight excluding hydrogens is 306 g/mol. The highest BCUT2D eigenvalue weighted by molar-refractivity contribution is 6.02. The largest absolute Gasteiger partial charge is 0.424 e. The number of nitrogen functional groups attached to an aromatic ring is 1. The van der Waals surface area contributed by atoms with E-state index in [9.17, 15) is 5.11 Å². The number of aliphatic hydroxyl groups excluding tert-OH is 1. The average molecular weight is 321 g/mol. The van der Waals surface area contributed by atoms with E-state index < -0.39 is 0 Å². The van der Waals surface area contributed by atoms with Crippen LogP contribution >= 0.6 is 0 Å². The molecule has 7 heteroatoms. The molecule has 2 aromatic heterocycles. The van der Waals surface area contributed by atoms with Crippen LogP contribution in [0.5, 0.6) is 11.8 Å². The molecule has 0 unspecified atom stereocenters. The van der Waals surface area contributed by atoms with Gasteiger partial charge in [-0.3, -0.25) is 4.68 Å². The maximum Gasteiger partial charge on any atom is 0.322 e. The van der Waals surface area contributed by atoms with Crippen LogP contribution in [0.1, 0.15) is 0 Å². The minimum Gasteiger partial charge on any atom is -0.424 e. The minimum atomic E-state index is 0.00486. The maximum absolute atomic E-state index is 9.21. The Hall–Kier alpha value is -3.19. The lowest BCUT2D eigenvalue weighted by atomic mass is 10.2. The van der Waals surface area contributed by atoms with E-state index in [1.54, 1.807) is 41.3 Å². The predicted octanol–water partition coefficient (Wildman–Crippen LogP) is 2.35. The Balaban J connectivity index is 1.83. The van der Waals surface area contributed by atoms with Crippen LogP contribution < -0.4 is 10.5 Å². The van der Waals surface area contributed by atoms with Gasteiger partial charge in [-0.15, -0.1) is 0 Å². The first-order valence-electron chi connectivity index (χ1n) is 7.50. The molecule has 120 valence electrons. The summed E-state index contributed by atoms with van der Waals surface area (Å²) in [5, 5.41) is 15.3. The first-order chi connectivity index (χ1) is 11.7.